The summed E-state index contributed by atoms with van der Waals surface area (Å²) >= 11 is 9.23. The number of likely N-dealkylation sites (tertiary alicyclic amines) is 1. The van der Waals surface area contributed by atoms with Crippen LogP contribution in [0.2, 0.25) is 5.15 Å². The molecule has 1 atom stereocenters. The monoisotopic (exact) mass is 303 g/mol. The van der Waals surface area contributed by atoms with Crippen LogP contribution in [0, 0.1) is 0 Å². The second kappa shape index (κ2) is 5.34. The molecule has 1 aromatic heterocycles. The van der Waals surface area contributed by atoms with Gasteiger partial charge in [-0.1, -0.05) is 11.6 Å². The Balaban J connectivity index is 2.00. The van der Waals surface area contributed by atoms with Crippen molar-refractivity contribution in [2.75, 3.05) is 25.5 Å². The Kier molecular flexibility index (Phi) is 4.05. The van der Waals surface area contributed by atoms with Crippen molar-refractivity contribution in [3.05, 3.63) is 21.9 Å². The number of likely N-dealkylation sites (N-methyl/N-ethyl adjacent to an activating group) is 1. The highest BCUT2D eigenvalue weighted by atomic mass is 79.9. The van der Waals surface area contributed by atoms with E-state index in [4.69, 9.17) is 11.6 Å². The minimum atomic E-state index is 0.506. The normalized spacial score (nSPS) is 22.1. The lowest BCUT2D eigenvalue weighted by molar-refractivity contribution is 0.261. The lowest BCUT2D eigenvalue weighted by atomic mass is 10.1. The number of nitrogens with zero attached hydrogens (tertiary/aromatic N) is 2. The molecule has 5 heteroatoms. The molecule has 3 nitrogen and oxygen atoms in total. The largest absolute Gasteiger partial charge is 0.380 e. The van der Waals surface area contributed by atoms with Gasteiger partial charge in [-0.05, 0) is 48.4 Å². The molecule has 1 saturated heterocycles. The van der Waals surface area contributed by atoms with Crippen molar-refractivity contribution in [2.24, 2.45) is 0 Å². The Hall–Kier alpha value is -0.320. The Morgan fingerprint density at radius 2 is 2.44 bits per heavy atom. The van der Waals surface area contributed by atoms with Crippen LogP contribution in [0.3, 0.4) is 0 Å². The molecule has 1 unspecified atom stereocenters. The summed E-state index contributed by atoms with van der Waals surface area (Å²) in [5.41, 5.74) is 1.02. The zero-order valence-corrected chi connectivity index (χ0v) is 11.6. The molecule has 0 radical (unpaired) electrons. The van der Waals surface area contributed by atoms with Gasteiger partial charge in [0.05, 0.1) is 16.4 Å². The predicted molar refractivity (Wildman–Crippen MR) is 71.1 cm³/mol. The van der Waals surface area contributed by atoms with E-state index < -0.39 is 0 Å². The van der Waals surface area contributed by atoms with Crippen molar-refractivity contribution in [1.82, 2.24) is 9.88 Å². The van der Waals surface area contributed by atoms with E-state index >= 15 is 0 Å². The second-order valence-corrected chi connectivity index (χ2v) is 5.45. The SMILES string of the molecule is CN1CCCC(Nc2cnc(Cl)c(Br)c2)C1. The number of nitrogens with one attached hydrogen (secondary N) is 1. The van der Waals surface area contributed by atoms with E-state index in [1.165, 1.54) is 19.4 Å². The molecule has 88 valence electrons. The van der Waals surface area contributed by atoms with Crippen LogP contribution in [-0.4, -0.2) is 36.1 Å². The number of hydrogen-bond donors (Lipinski definition) is 1. The van der Waals surface area contributed by atoms with E-state index in [0.29, 0.717) is 11.2 Å². The van der Waals surface area contributed by atoms with Crippen molar-refractivity contribution in [1.29, 1.82) is 0 Å². The average molecular weight is 305 g/mol. The molecule has 1 aliphatic rings. The predicted octanol–water partition coefficient (Wildman–Crippen LogP) is 3.00. The van der Waals surface area contributed by atoms with Crippen molar-refractivity contribution in [3.63, 3.8) is 0 Å². The fraction of sp³-hybridized carbons (Fsp3) is 0.545. The molecular weight excluding hydrogens is 289 g/mol. The Morgan fingerprint density at radius 1 is 1.62 bits per heavy atom. The van der Waals surface area contributed by atoms with Crippen molar-refractivity contribution in [2.45, 2.75) is 18.9 Å². The minimum absolute atomic E-state index is 0.506. The number of aromatic nitrogens is 1. The van der Waals surface area contributed by atoms with Crippen molar-refractivity contribution < 1.29 is 0 Å². The van der Waals surface area contributed by atoms with Gasteiger partial charge in [-0.2, -0.15) is 0 Å². The van der Waals surface area contributed by atoms with E-state index in [1.807, 2.05) is 6.07 Å². The smallest absolute Gasteiger partial charge is 0.143 e. The van der Waals surface area contributed by atoms with E-state index in [0.717, 1.165) is 16.7 Å². The summed E-state index contributed by atoms with van der Waals surface area (Å²) in [6.07, 6.45) is 4.24. The molecule has 0 spiro atoms. The quantitative estimate of drug-likeness (QED) is 0.851. The summed E-state index contributed by atoms with van der Waals surface area (Å²) < 4.78 is 0.836. The first-order valence-corrected chi connectivity index (χ1v) is 6.58. The zero-order valence-electron chi connectivity index (χ0n) is 9.21. The summed E-state index contributed by atoms with van der Waals surface area (Å²) in [6, 6.07) is 2.48. The molecule has 2 rings (SSSR count). The van der Waals surface area contributed by atoms with Crippen LogP contribution >= 0.6 is 27.5 Å². The fourth-order valence-corrected chi connectivity index (χ4v) is 2.47. The van der Waals surface area contributed by atoms with Gasteiger partial charge in [-0.3, -0.25) is 0 Å². The molecule has 0 aromatic carbocycles. The Labute approximate surface area is 109 Å². The topological polar surface area (TPSA) is 28.2 Å². The van der Waals surface area contributed by atoms with E-state index in [2.05, 4.69) is 38.2 Å². The molecule has 16 heavy (non-hydrogen) atoms. The zero-order chi connectivity index (χ0) is 11.5. The first-order chi connectivity index (χ1) is 7.65. The number of anilines is 1. The Bertz CT molecular complexity index is 372. The van der Waals surface area contributed by atoms with Gasteiger partial charge in [0.15, 0.2) is 0 Å². The third-order valence-corrected chi connectivity index (χ3v) is 3.93. The van der Waals surface area contributed by atoms with Crippen LogP contribution in [0.5, 0.6) is 0 Å². The van der Waals surface area contributed by atoms with Gasteiger partial charge < -0.3 is 10.2 Å². The van der Waals surface area contributed by atoms with Crippen LogP contribution in [0.4, 0.5) is 5.69 Å². The fourth-order valence-electron chi connectivity index (χ4n) is 2.02. The Morgan fingerprint density at radius 3 is 3.12 bits per heavy atom. The molecule has 0 saturated carbocycles. The van der Waals surface area contributed by atoms with Gasteiger partial charge in [-0.25, -0.2) is 4.98 Å². The molecule has 1 aromatic rings. The minimum Gasteiger partial charge on any atom is -0.380 e. The lowest BCUT2D eigenvalue weighted by Crippen LogP contribution is -2.39. The third kappa shape index (κ3) is 3.09. The highest BCUT2D eigenvalue weighted by Crippen LogP contribution is 2.24. The van der Waals surface area contributed by atoms with Crippen LogP contribution in [0.25, 0.3) is 0 Å². The van der Waals surface area contributed by atoms with Gasteiger partial charge in [0, 0.05) is 12.6 Å². The first-order valence-electron chi connectivity index (χ1n) is 5.41. The van der Waals surface area contributed by atoms with Gasteiger partial charge in [0.2, 0.25) is 0 Å². The summed E-state index contributed by atoms with van der Waals surface area (Å²) in [5, 5.41) is 3.99. The first kappa shape index (κ1) is 12.1. The second-order valence-electron chi connectivity index (χ2n) is 4.24. The molecular formula is C11H15BrClN3. The number of rotatable bonds is 2. The summed E-state index contributed by atoms with van der Waals surface area (Å²) in [4.78, 5) is 6.45. The van der Waals surface area contributed by atoms with Gasteiger partial charge in [-0.15, -0.1) is 0 Å². The third-order valence-electron chi connectivity index (χ3n) is 2.79. The van der Waals surface area contributed by atoms with Crippen LogP contribution < -0.4 is 5.32 Å². The number of pyridine rings is 1. The number of hydrogen-bond acceptors (Lipinski definition) is 3. The summed E-state index contributed by atoms with van der Waals surface area (Å²) in [5.74, 6) is 0. The van der Waals surface area contributed by atoms with E-state index in [1.54, 1.807) is 6.20 Å². The molecule has 1 fully saturated rings. The highest BCUT2D eigenvalue weighted by Gasteiger charge is 2.16. The molecule has 0 amide bonds. The van der Waals surface area contributed by atoms with Crippen LogP contribution in [-0.2, 0) is 0 Å². The highest BCUT2D eigenvalue weighted by molar-refractivity contribution is 9.10. The molecule has 0 aliphatic carbocycles. The van der Waals surface area contributed by atoms with Gasteiger partial charge in [0.25, 0.3) is 0 Å². The van der Waals surface area contributed by atoms with Crippen molar-refractivity contribution >= 4 is 33.2 Å². The van der Waals surface area contributed by atoms with E-state index in [-0.39, 0.29) is 0 Å². The maximum absolute atomic E-state index is 5.85. The standard InChI is InChI=1S/C11H15BrClN3/c1-16-4-2-3-8(7-16)15-9-5-10(12)11(13)14-6-9/h5-6,8,15H,2-4,7H2,1H3. The molecule has 1 aliphatic heterocycles. The lowest BCUT2D eigenvalue weighted by Gasteiger charge is -2.30. The van der Waals surface area contributed by atoms with Crippen LogP contribution in [0.15, 0.2) is 16.7 Å². The summed E-state index contributed by atoms with van der Waals surface area (Å²) in [7, 11) is 2.16. The molecule has 2 heterocycles. The maximum Gasteiger partial charge on any atom is 0.143 e. The summed E-state index contributed by atoms with van der Waals surface area (Å²) in [6.45, 7) is 2.28. The van der Waals surface area contributed by atoms with Gasteiger partial charge >= 0.3 is 0 Å². The number of halogens is 2. The van der Waals surface area contributed by atoms with Crippen molar-refractivity contribution in [3.8, 4) is 0 Å². The van der Waals surface area contributed by atoms with Gasteiger partial charge in [0.1, 0.15) is 5.15 Å². The average Bonchev–Trinajstić information content (AvgIpc) is 2.24. The molecule has 1 N–H and O–H groups in total. The molecule has 0 bridgehead atoms. The maximum atomic E-state index is 5.85. The van der Waals surface area contributed by atoms with Crippen LogP contribution in [0.1, 0.15) is 12.8 Å². The van der Waals surface area contributed by atoms with E-state index in [9.17, 15) is 0 Å². The number of piperidine rings is 1.